The molecule has 0 aliphatic rings. The molecule has 6 heteroatoms. The van der Waals surface area contributed by atoms with Crippen molar-refractivity contribution in [3.63, 3.8) is 0 Å². The van der Waals surface area contributed by atoms with Crippen molar-refractivity contribution < 1.29 is 14.3 Å². The van der Waals surface area contributed by atoms with E-state index in [0.717, 1.165) is 11.5 Å². The second-order valence-corrected chi connectivity index (χ2v) is 4.91. The van der Waals surface area contributed by atoms with Crippen molar-refractivity contribution in [2.45, 2.75) is 12.8 Å². The fourth-order valence-corrected chi connectivity index (χ4v) is 1.94. The minimum absolute atomic E-state index is 0.118. The molecule has 0 unspecified atom stereocenters. The highest BCUT2D eigenvalue weighted by Crippen LogP contribution is 2.17. The SMILES string of the molecule is COc1ccc(OCCCC(=O)Nc2cccc(Cl)n2)cc1. The molecule has 0 saturated carbocycles. The molecule has 2 rings (SSSR count). The zero-order chi connectivity index (χ0) is 15.8. The first-order valence-corrected chi connectivity index (χ1v) is 7.24. The lowest BCUT2D eigenvalue weighted by atomic mass is 10.3. The summed E-state index contributed by atoms with van der Waals surface area (Å²) < 4.78 is 10.6. The molecule has 0 bridgehead atoms. The van der Waals surface area contributed by atoms with Gasteiger partial charge in [0, 0.05) is 6.42 Å². The Morgan fingerprint density at radius 3 is 2.59 bits per heavy atom. The van der Waals surface area contributed by atoms with Crippen LogP contribution in [0.2, 0.25) is 5.15 Å². The number of pyridine rings is 1. The van der Waals surface area contributed by atoms with Crippen LogP contribution in [0.3, 0.4) is 0 Å². The number of carbonyl (C=O) groups excluding carboxylic acids is 1. The predicted molar refractivity (Wildman–Crippen MR) is 85.6 cm³/mol. The zero-order valence-corrected chi connectivity index (χ0v) is 13.0. The van der Waals surface area contributed by atoms with Gasteiger partial charge in [-0.05, 0) is 42.8 Å². The van der Waals surface area contributed by atoms with Crippen molar-refractivity contribution in [3.8, 4) is 11.5 Å². The van der Waals surface area contributed by atoms with E-state index in [2.05, 4.69) is 10.3 Å². The van der Waals surface area contributed by atoms with E-state index in [1.165, 1.54) is 0 Å². The van der Waals surface area contributed by atoms with Crippen LogP contribution in [-0.2, 0) is 4.79 Å². The Hall–Kier alpha value is -2.27. The Kier molecular flexibility index (Phi) is 6.03. The van der Waals surface area contributed by atoms with Crippen LogP contribution in [0, 0.1) is 0 Å². The first-order valence-electron chi connectivity index (χ1n) is 6.86. The third-order valence-electron chi connectivity index (χ3n) is 2.86. The highest BCUT2D eigenvalue weighted by molar-refractivity contribution is 6.29. The summed E-state index contributed by atoms with van der Waals surface area (Å²) >= 11 is 5.75. The Balaban J connectivity index is 1.68. The predicted octanol–water partition coefficient (Wildman–Crippen LogP) is 3.54. The minimum atomic E-state index is -0.118. The number of hydrogen-bond donors (Lipinski definition) is 1. The number of methoxy groups -OCH3 is 1. The second-order valence-electron chi connectivity index (χ2n) is 4.52. The number of halogens is 1. The van der Waals surface area contributed by atoms with Crippen LogP contribution in [0.4, 0.5) is 5.82 Å². The third-order valence-corrected chi connectivity index (χ3v) is 3.07. The van der Waals surface area contributed by atoms with E-state index >= 15 is 0 Å². The van der Waals surface area contributed by atoms with Crippen LogP contribution in [0.15, 0.2) is 42.5 Å². The average Bonchev–Trinajstić information content (AvgIpc) is 2.52. The van der Waals surface area contributed by atoms with Crippen molar-refractivity contribution in [3.05, 3.63) is 47.6 Å². The molecule has 0 fully saturated rings. The van der Waals surface area contributed by atoms with Crippen LogP contribution in [-0.4, -0.2) is 24.6 Å². The van der Waals surface area contributed by atoms with Crippen molar-refractivity contribution in [2.75, 3.05) is 19.0 Å². The normalized spacial score (nSPS) is 10.1. The lowest BCUT2D eigenvalue weighted by molar-refractivity contribution is -0.116. The van der Waals surface area contributed by atoms with Gasteiger partial charge in [-0.3, -0.25) is 4.79 Å². The molecule has 1 aromatic heterocycles. The largest absolute Gasteiger partial charge is 0.497 e. The van der Waals surface area contributed by atoms with Crippen LogP contribution in [0.25, 0.3) is 0 Å². The van der Waals surface area contributed by atoms with E-state index in [-0.39, 0.29) is 5.91 Å². The van der Waals surface area contributed by atoms with Gasteiger partial charge in [-0.25, -0.2) is 4.98 Å². The molecule has 1 aromatic carbocycles. The van der Waals surface area contributed by atoms with Gasteiger partial charge in [0.05, 0.1) is 13.7 Å². The summed E-state index contributed by atoms with van der Waals surface area (Å²) in [5.74, 6) is 1.86. The van der Waals surface area contributed by atoms with Gasteiger partial charge in [0.25, 0.3) is 0 Å². The fourth-order valence-electron chi connectivity index (χ4n) is 1.78. The molecule has 1 N–H and O–H groups in total. The Bertz CT molecular complexity index is 617. The van der Waals surface area contributed by atoms with Crippen molar-refractivity contribution in [1.82, 2.24) is 4.98 Å². The minimum Gasteiger partial charge on any atom is -0.497 e. The molecule has 0 saturated heterocycles. The maximum absolute atomic E-state index is 11.8. The monoisotopic (exact) mass is 320 g/mol. The number of anilines is 1. The number of benzene rings is 1. The molecule has 2 aromatic rings. The number of rotatable bonds is 7. The summed E-state index contributed by atoms with van der Waals surface area (Å²) in [5.41, 5.74) is 0. The number of aromatic nitrogens is 1. The topological polar surface area (TPSA) is 60.5 Å². The second kappa shape index (κ2) is 8.24. The van der Waals surface area contributed by atoms with Gasteiger partial charge in [0.15, 0.2) is 0 Å². The number of amides is 1. The number of nitrogens with one attached hydrogen (secondary N) is 1. The molecule has 0 aliphatic carbocycles. The third kappa shape index (κ3) is 5.26. The first kappa shape index (κ1) is 16.1. The van der Waals surface area contributed by atoms with Gasteiger partial charge < -0.3 is 14.8 Å². The van der Waals surface area contributed by atoms with Gasteiger partial charge in [-0.1, -0.05) is 17.7 Å². The molecule has 0 atom stereocenters. The van der Waals surface area contributed by atoms with Gasteiger partial charge in [0.1, 0.15) is 22.5 Å². The summed E-state index contributed by atoms with van der Waals surface area (Å²) in [6.07, 6.45) is 0.961. The molecule has 0 spiro atoms. The van der Waals surface area contributed by atoms with E-state index in [9.17, 15) is 4.79 Å². The quantitative estimate of drug-likeness (QED) is 0.626. The van der Waals surface area contributed by atoms with Crippen LogP contribution in [0.5, 0.6) is 11.5 Å². The Morgan fingerprint density at radius 1 is 1.18 bits per heavy atom. The van der Waals surface area contributed by atoms with Gasteiger partial charge in [-0.15, -0.1) is 0 Å². The summed E-state index contributed by atoms with van der Waals surface area (Å²) in [6, 6.07) is 12.4. The van der Waals surface area contributed by atoms with Gasteiger partial charge in [0.2, 0.25) is 5.91 Å². The zero-order valence-electron chi connectivity index (χ0n) is 12.2. The fraction of sp³-hybridized carbons (Fsp3) is 0.250. The molecule has 116 valence electrons. The van der Waals surface area contributed by atoms with Crippen LogP contribution in [0.1, 0.15) is 12.8 Å². The van der Waals surface area contributed by atoms with Crippen molar-refractivity contribution in [1.29, 1.82) is 0 Å². The van der Waals surface area contributed by atoms with E-state index in [1.807, 2.05) is 24.3 Å². The molecular weight excluding hydrogens is 304 g/mol. The van der Waals surface area contributed by atoms with E-state index in [1.54, 1.807) is 25.3 Å². The van der Waals surface area contributed by atoms with E-state index in [0.29, 0.717) is 30.4 Å². The van der Waals surface area contributed by atoms with Gasteiger partial charge >= 0.3 is 0 Å². The summed E-state index contributed by atoms with van der Waals surface area (Å²) in [5, 5.41) is 3.04. The Labute approximate surface area is 134 Å². The lowest BCUT2D eigenvalue weighted by Crippen LogP contribution is -2.13. The maximum Gasteiger partial charge on any atom is 0.225 e. The lowest BCUT2D eigenvalue weighted by Gasteiger charge is -2.07. The number of hydrogen-bond acceptors (Lipinski definition) is 4. The highest BCUT2D eigenvalue weighted by atomic mass is 35.5. The van der Waals surface area contributed by atoms with Crippen molar-refractivity contribution >= 4 is 23.3 Å². The standard InChI is InChI=1S/C16H17ClN2O3/c1-21-12-7-9-13(10-8-12)22-11-3-6-16(20)19-15-5-2-4-14(17)18-15/h2,4-5,7-10H,3,6,11H2,1H3,(H,18,19,20). The van der Waals surface area contributed by atoms with E-state index in [4.69, 9.17) is 21.1 Å². The molecule has 22 heavy (non-hydrogen) atoms. The summed E-state index contributed by atoms with van der Waals surface area (Å²) in [4.78, 5) is 15.7. The maximum atomic E-state index is 11.8. The molecule has 5 nitrogen and oxygen atoms in total. The molecule has 1 heterocycles. The van der Waals surface area contributed by atoms with Crippen molar-refractivity contribution in [2.24, 2.45) is 0 Å². The summed E-state index contributed by atoms with van der Waals surface area (Å²) in [6.45, 7) is 0.461. The smallest absolute Gasteiger partial charge is 0.225 e. The molecule has 1 amide bonds. The molecular formula is C16H17ClN2O3. The molecule has 0 radical (unpaired) electrons. The van der Waals surface area contributed by atoms with Crippen LogP contribution < -0.4 is 14.8 Å². The van der Waals surface area contributed by atoms with Gasteiger partial charge in [-0.2, -0.15) is 0 Å². The van der Waals surface area contributed by atoms with E-state index < -0.39 is 0 Å². The number of ether oxygens (including phenoxy) is 2. The number of nitrogens with zero attached hydrogens (tertiary/aromatic N) is 1. The molecule has 0 aliphatic heterocycles. The average molecular weight is 321 g/mol. The highest BCUT2D eigenvalue weighted by Gasteiger charge is 2.04. The first-order chi connectivity index (χ1) is 10.7. The number of carbonyl (C=O) groups is 1. The Morgan fingerprint density at radius 2 is 1.91 bits per heavy atom. The van der Waals surface area contributed by atoms with Crippen LogP contribution >= 0.6 is 11.6 Å². The summed E-state index contributed by atoms with van der Waals surface area (Å²) in [7, 11) is 1.61.